The van der Waals surface area contributed by atoms with E-state index in [-0.39, 0.29) is 13.2 Å². The van der Waals surface area contributed by atoms with Crippen LogP contribution in [0.2, 0.25) is 0 Å². The Balaban J connectivity index is 2.68. The third-order valence-corrected chi connectivity index (χ3v) is 4.13. The van der Waals surface area contributed by atoms with Crippen LogP contribution in [0.5, 0.6) is 0 Å². The third kappa shape index (κ3) is 5.03. The minimum atomic E-state index is -3.55. The number of cyclic esters (lactones) is 1. The quantitative estimate of drug-likeness (QED) is 0.487. The number of ether oxygens (including phenoxy) is 3. The molecular weight excluding hydrogens is 310 g/mol. The predicted octanol–water partition coefficient (Wildman–Crippen LogP) is 1.38. The van der Waals surface area contributed by atoms with Crippen LogP contribution in [-0.4, -0.2) is 50.1 Å². The first-order chi connectivity index (χ1) is 9.83. The SMILES string of the molecule is CCOP(=O)(CO[C@H]1OC(=O)[C@@H](F)[C@H]1OC(C)=O)OCC. The van der Waals surface area contributed by atoms with E-state index in [0.29, 0.717) is 0 Å². The molecule has 122 valence electrons. The summed E-state index contributed by atoms with van der Waals surface area (Å²) in [6.45, 7) is 4.51. The highest BCUT2D eigenvalue weighted by Gasteiger charge is 2.49. The Morgan fingerprint density at radius 2 is 1.90 bits per heavy atom. The van der Waals surface area contributed by atoms with E-state index in [4.69, 9.17) is 13.8 Å². The molecule has 0 aromatic heterocycles. The van der Waals surface area contributed by atoms with Gasteiger partial charge in [0, 0.05) is 6.92 Å². The van der Waals surface area contributed by atoms with Gasteiger partial charge in [-0.2, -0.15) is 0 Å². The maximum atomic E-state index is 13.5. The highest BCUT2D eigenvalue weighted by Crippen LogP contribution is 2.48. The van der Waals surface area contributed by atoms with Crippen LogP contribution in [0.4, 0.5) is 4.39 Å². The topological polar surface area (TPSA) is 97.4 Å². The molecule has 0 bridgehead atoms. The number of esters is 2. The fourth-order valence-corrected chi connectivity index (χ4v) is 2.96. The van der Waals surface area contributed by atoms with Crippen LogP contribution in [0.15, 0.2) is 0 Å². The van der Waals surface area contributed by atoms with Crippen molar-refractivity contribution in [3.05, 3.63) is 0 Å². The van der Waals surface area contributed by atoms with E-state index in [9.17, 15) is 18.5 Å². The molecule has 8 nitrogen and oxygen atoms in total. The lowest BCUT2D eigenvalue weighted by molar-refractivity contribution is -0.182. The zero-order valence-corrected chi connectivity index (χ0v) is 12.8. The number of halogens is 1. The lowest BCUT2D eigenvalue weighted by atomic mass is 10.2. The normalized spacial score (nSPS) is 25.7. The molecular formula is C11H18FO8P. The summed E-state index contributed by atoms with van der Waals surface area (Å²) in [4.78, 5) is 22.0. The van der Waals surface area contributed by atoms with E-state index in [0.717, 1.165) is 6.92 Å². The molecule has 10 heteroatoms. The first-order valence-corrected chi connectivity index (χ1v) is 8.07. The molecule has 0 aromatic rings. The van der Waals surface area contributed by atoms with Crippen LogP contribution in [0.25, 0.3) is 0 Å². The minimum absolute atomic E-state index is 0.115. The van der Waals surface area contributed by atoms with Crippen molar-refractivity contribution in [1.82, 2.24) is 0 Å². The van der Waals surface area contributed by atoms with Crippen molar-refractivity contribution in [3.63, 3.8) is 0 Å². The van der Waals surface area contributed by atoms with Gasteiger partial charge in [0.25, 0.3) is 0 Å². The van der Waals surface area contributed by atoms with Crippen LogP contribution in [0.3, 0.4) is 0 Å². The maximum Gasteiger partial charge on any atom is 0.356 e. The number of rotatable bonds is 8. The van der Waals surface area contributed by atoms with Gasteiger partial charge in [0.05, 0.1) is 13.2 Å². The molecule has 1 saturated heterocycles. The Morgan fingerprint density at radius 3 is 2.38 bits per heavy atom. The van der Waals surface area contributed by atoms with E-state index < -0.39 is 44.4 Å². The van der Waals surface area contributed by atoms with Crippen molar-refractivity contribution in [2.24, 2.45) is 0 Å². The highest BCUT2D eigenvalue weighted by molar-refractivity contribution is 7.53. The van der Waals surface area contributed by atoms with Crippen LogP contribution in [0, 0.1) is 0 Å². The number of carbonyl (C=O) groups excluding carboxylic acids is 2. The zero-order valence-electron chi connectivity index (χ0n) is 11.9. The minimum Gasteiger partial charge on any atom is -0.452 e. The van der Waals surface area contributed by atoms with Crippen LogP contribution >= 0.6 is 7.60 Å². The summed E-state index contributed by atoms with van der Waals surface area (Å²) in [5, 5.41) is 0. The second-order valence-corrected chi connectivity index (χ2v) is 6.02. The van der Waals surface area contributed by atoms with Gasteiger partial charge in [0.1, 0.15) is 0 Å². The van der Waals surface area contributed by atoms with Gasteiger partial charge >= 0.3 is 19.5 Å². The van der Waals surface area contributed by atoms with Crippen LogP contribution in [-0.2, 0) is 37.4 Å². The molecule has 1 aliphatic rings. The molecule has 1 heterocycles. The van der Waals surface area contributed by atoms with Crippen molar-refractivity contribution in [3.8, 4) is 0 Å². The first-order valence-electron chi connectivity index (χ1n) is 6.34. The maximum absolute atomic E-state index is 13.5. The number of hydrogen-bond donors (Lipinski definition) is 0. The van der Waals surface area contributed by atoms with Crippen molar-refractivity contribution in [2.45, 2.75) is 39.3 Å². The van der Waals surface area contributed by atoms with Gasteiger partial charge in [-0.3, -0.25) is 9.36 Å². The summed E-state index contributed by atoms with van der Waals surface area (Å²) in [5.41, 5.74) is 0. The summed E-state index contributed by atoms with van der Waals surface area (Å²) in [6, 6.07) is 0. The highest BCUT2D eigenvalue weighted by atomic mass is 31.2. The average Bonchev–Trinajstić information content (AvgIpc) is 2.64. The molecule has 0 amide bonds. The first kappa shape index (κ1) is 18.0. The predicted molar refractivity (Wildman–Crippen MR) is 67.1 cm³/mol. The fourth-order valence-electron chi connectivity index (χ4n) is 1.62. The van der Waals surface area contributed by atoms with Crippen molar-refractivity contribution < 1.29 is 41.8 Å². The molecule has 1 rings (SSSR count). The van der Waals surface area contributed by atoms with E-state index >= 15 is 0 Å². The molecule has 0 saturated carbocycles. The molecule has 21 heavy (non-hydrogen) atoms. The third-order valence-electron chi connectivity index (χ3n) is 2.36. The Labute approximate surface area is 121 Å². The second-order valence-electron chi connectivity index (χ2n) is 4.02. The smallest absolute Gasteiger partial charge is 0.356 e. The van der Waals surface area contributed by atoms with Gasteiger partial charge in [-0.05, 0) is 13.8 Å². The summed E-state index contributed by atoms with van der Waals surface area (Å²) >= 11 is 0. The summed E-state index contributed by atoms with van der Waals surface area (Å²) in [7, 11) is -3.55. The number of carbonyl (C=O) groups is 2. The average molecular weight is 328 g/mol. The van der Waals surface area contributed by atoms with Gasteiger partial charge < -0.3 is 23.3 Å². The molecule has 0 radical (unpaired) electrons. The van der Waals surface area contributed by atoms with Gasteiger partial charge in [-0.25, -0.2) is 9.18 Å². The largest absolute Gasteiger partial charge is 0.452 e. The van der Waals surface area contributed by atoms with E-state index in [1.807, 2.05) is 0 Å². The van der Waals surface area contributed by atoms with Crippen LogP contribution in [0.1, 0.15) is 20.8 Å². The fraction of sp³-hybridized carbons (Fsp3) is 0.818. The Hall–Kier alpha value is -1.02. The van der Waals surface area contributed by atoms with Gasteiger partial charge in [-0.1, -0.05) is 0 Å². The summed E-state index contributed by atoms with van der Waals surface area (Å²) < 4.78 is 49.9. The van der Waals surface area contributed by atoms with E-state index in [2.05, 4.69) is 9.47 Å². The van der Waals surface area contributed by atoms with Gasteiger partial charge in [-0.15, -0.1) is 0 Å². The van der Waals surface area contributed by atoms with E-state index in [1.54, 1.807) is 13.8 Å². The lowest BCUT2D eigenvalue weighted by Gasteiger charge is -2.21. The Bertz CT molecular complexity index is 418. The lowest BCUT2D eigenvalue weighted by Crippen LogP contribution is -2.35. The summed E-state index contributed by atoms with van der Waals surface area (Å²) in [6.07, 6.45) is -5.76. The Morgan fingerprint density at radius 1 is 1.33 bits per heavy atom. The second kappa shape index (κ2) is 7.84. The number of alkyl halides is 1. The van der Waals surface area contributed by atoms with E-state index in [1.165, 1.54) is 0 Å². The summed E-state index contributed by atoms with van der Waals surface area (Å²) in [5.74, 6) is -2.01. The molecule has 0 N–H and O–H groups in total. The van der Waals surface area contributed by atoms with Crippen molar-refractivity contribution in [1.29, 1.82) is 0 Å². The van der Waals surface area contributed by atoms with Gasteiger partial charge in [0.2, 0.25) is 18.6 Å². The Kier molecular flexibility index (Phi) is 6.73. The standard InChI is InChI=1S/C11H18FO8P/c1-4-17-21(15,18-5-2)6-16-11-9(19-7(3)13)8(12)10(14)20-11/h8-9,11H,4-6H2,1-3H3/t8-,9+,11-/m0/s1. The molecule has 0 unspecified atom stereocenters. The molecule has 1 fully saturated rings. The molecule has 0 spiro atoms. The molecule has 0 aliphatic carbocycles. The van der Waals surface area contributed by atoms with Crippen LogP contribution < -0.4 is 0 Å². The molecule has 0 aromatic carbocycles. The van der Waals surface area contributed by atoms with Crippen molar-refractivity contribution in [2.75, 3.05) is 19.6 Å². The zero-order chi connectivity index (χ0) is 16.0. The number of hydrogen-bond acceptors (Lipinski definition) is 8. The van der Waals surface area contributed by atoms with Crippen molar-refractivity contribution >= 4 is 19.5 Å². The molecule has 1 aliphatic heterocycles. The monoisotopic (exact) mass is 328 g/mol. The van der Waals surface area contributed by atoms with Gasteiger partial charge in [0.15, 0.2) is 6.35 Å². The molecule has 3 atom stereocenters.